The first kappa shape index (κ1) is 20.1. The Balaban J connectivity index is 1.98. The van der Waals surface area contributed by atoms with E-state index in [-0.39, 0.29) is 29.7 Å². The quantitative estimate of drug-likeness (QED) is 0.687. The van der Waals surface area contributed by atoms with Gasteiger partial charge in [-0.2, -0.15) is 8.78 Å². The normalized spacial score (nSPS) is 17.2. The van der Waals surface area contributed by atoms with Crippen molar-refractivity contribution >= 4 is 11.8 Å². The molecule has 1 heterocycles. The van der Waals surface area contributed by atoms with Gasteiger partial charge in [0.2, 0.25) is 5.91 Å². The molecule has 1 aliphatic heterocycles. The zero-order chi connectivity index (χ0) is 18.9. The Morgan fingerprint density at radius 1 is 1.31 bits per heavy atom. The number of likely N-dealkylation sites (N-methyl/N-ethyl adjacent to an activating group) is 1. The lowest BCUT2D eigenvalue weighted by Gasteiger charge is -2.32. The zero-order valence-corrected chi connectivity index (χ0v) is 14.8. The highest BCUT2D eigenvalue weighted by Gasteiger charge is 2.30. The van der Waals surface area contributed by atoms with Gasteiger partial charge in [-0.3, -0.25) is 9.59 Å². The summed E-state index contributed by atoms with van der Waals surface area (Å²) in [5.41, 5.74) is 0.0843. The van der Waals surface area contributed by atoms with Crippen LogP contribution in [0.5, 0.6) is 5.75 Å². The molecule has 0 aliphatic carbocycles. The molecular weight excluding hydrogens is 344 g/mol. The third kappa shape index (κ3) is 5.66. The molecule has 1 aromatic rings. The lowest BCUT2D eigenvalue weighted by atomic mass is 9.96. The number of benzene rings is 1. The van der Waals surface area contributed by atoms with Crippen LogP contribution in [0.1, 0.15) is 30.1 Å². The van der Waals surface area contributed by atoms with E-state index in [0.717, 1.165) is 6.54 Å². The lowest BCUT2D eigenvalue weighted by molar-refractivity contribution is -0.126. The van der Waals surface area contributed by atoms with Gasteiger partial charge in [0.1, 0.15) is 5.75 Å². The predicted octanol–water partition coefficient (Wildman–Crippen LogP) is 1.87. The summed E-state index contributed by atoms with van der Waals surface area (Å²) in [7, 11) is 0. The number of rotatable bonds is 8. The number of hydrogen-bond acceptors (Lipinski definition) is 4. The van der Waals surface area contributed by atoms with Crippen molar-refractivity contribution in [3.8, 4) is 5.75 Å². The number of alkyl halides is 2. The molecule has 1 aromatic carbocycles. The third-order valence-electron chi connectivity index (χ3n) is 4.26. The van der Waals surface area contributed by atoms with E-state index in [0.29, 0.717) is 32.5 Å². The number of hydrogen-bond donors (Lipinski definition) is 2. The minimum Gasteiger partial charge on any atom is -0.434 e. The molecule has 6 nitrogen and oxygen atoms in total. The maximum Gasteiger partial charge on any atom is 0.387 e. The van der Waals surface area contributed by atoms with Crippen LogP contribution in [0.2, 0.25) is 0 Å². The van der Waals surface area contributed by atoms with Gasteiger partial charge >= 0.3 is 6.61 Å². The van der Waals surface area contributed by atoms with E-state index in [4.69, 9.17) is 0 Å². The number of ether oxygens (including phenoxy) is 1. The molecule has 26 heavy (non-hydrogen) atoms. The fraction of sp³-hybridized carbons (Fsp3) is 0.556. The molecule has 2 rings (SSSR count). The molecule has 0 saturated carbocycles. The fourth-order valence-corrected chi connectivity index (χ4v) is 2.98. The van der Waals surface area contributed by atoms with Gasteiger partial charge in [0.25, 0.3) is 5.91 Å². The van der Waals surface area contributed by atoms with Crippen LogP contribution in [0.3, 0.4) is 0 Å². The average molecular weight is 369 g/mol. The van der Waals surface area contributed by atoms with Crippen molar-refractivity contribution in [2.45, 2.75) is 26.4 Å². The monoisotopic (exact) mass is 369 g/mol. The van der Waals surface area contributed by atoms with Crippen LogP contribution in [0.15, 0.2) is 24.3 Å². The Morgan fingerprint density at radius 3 is 2.81 bits per heavy atom. The molecule has 0 bridgehead atoms. The Hall–Kier alpha value is -2.22. The Morgan fingerprint density at radius 2 is 2.08 bits per heavy atom. The smallest absolute Gasteiger partial charge is 0.387 e. The molecule has 2 amide bonds. The molecule has 0 aromatic heterocycles. The molecule has 8 heteroatoms. The van der Waals surface area contributed by atoms with Crippen LogP contribution in [0.4, 0.5) is 8.78 Å². The van der Waals surface area contributed by atoms with Crippen molar-refractivity contribution < 1.29 is 23.1 Å². The van der Waals surface area contributed by atoms with Crippen LogP contribution < -0.4 is 15.4 Å². The molecule has 2 N–H and O–H groups in total. The van der Waals surface area contributed by atoms with Crippen LogP contribution >= 0.6 is 0 Å². The average Bonchev–Trinajstić information content (AvgIpc) is 2.64. The first-order chi connectivity index (χ1) is 12.5. The van der Waals surface area contributed by atoms with Gasteiger partial charge in [0.05, 0.1) is 11.5 Å². The first-order valence-corrected chi connectivity index (χ1v) is 8.84. The van der Waals surface area contributed by atoms with Crippen LogP contribution in [0.25, 0.3) is 0 Å². The summed E-state index contributed by atoms with van der Waals surface area (Å²) in [6, 6.07) is 5.93. The predicted molar refractivity (Wildman–Crippen MR) is 93.3 cm³/mol. The Labute approximate surface area is 151 Å². The summed E-state index contributed by atoms with van der Waals surface area (Å²) in [6.07, 6.45) is 1.39. The van der Waals surface area contributed by atoms with Gasteiger partial charge in [-0.05, 0) is 31.5 Å². The van der Waals surface area contributed by atoms with Gasteiger partial charge in [-0.1, -0.05) is 19.1 Å². The minimum absolute atomic E-state index is 0.0843. The lowest BCUT2D eigenvalue weighted by Crippen LogP contribution is -2.46. The van der Waals surface area contributed by atoms with E-state index in [2.05, 4.69) is 15.4 Å². The fourth-order valence-electron chi connectivity index (χ4n) is 2.98. The number of para-hydroxylation sites is 1. The Bertz CT molecular complexity index is 613. The molecule has 144 valence electrons. The number of halogens is 2. The van der Waals surface area contributed by atoms with E-state index >= 15 is 0 Å². The van der Waals surface area contributed by atoms with Gasteiger partial charge in [0.15, 0.2) is 0 Å². The number of piperidine rings is 1. The van der Waals surface area contributed by atoms with Crippen molar-refractivity contribution in [3.63, 3.8) is 0 Å². The van der Waals surface area contributed by atoms with E-state index < -0.39 is 12.5 Å². The standard InChI is InChI=1S/C18H25F2N3O3/c1-2-21-9-10-22-16(24)13-6-5-11-23(12-13)17(25)14-7-3-4-8-15(14)26-18(19)20/h3-4,7-8,13,18,21H,2,5-6,9-12H2,1H3,(H,22,24). The molecule has 1 aliphatic rings. The van der Waals surface area contributed by atoms with Crippen molar-refractivity contribution in [3.05, 3.63) is 29.8 Å². The SMILES string of the molecule is CCNCCNC(=O)C1CCCN(C(=O)c2ccccc2OC(F)F)C1. The van der Waals surface area contributed by atoms with E-state index in [1.54, 1.807) is 6.07 Å². The van der Waals surface area contributed by atoms with Crippen molar-refractivity contribution in [2.75, 3.05) is 32.7 Å². The second-order valence-electron chi connectivity index (χ2n) is 6.11. The van der Waals surface area contributed by atoms with Crippen LogP contribution in [-0.4, -0.2) is 56.0 Å². The third-order valence-corrected chi connectivity index (χ3v) is 4.26. The maximum atomic E-state index is 12.7. The summed E-state index contributed by atoms with van der Waals surface area (Å²) in [5, 5.41) is 5.98. The summed E-state index contributed by atoms with van der Waals surface area (Å²) in [5.74, 6) is -0.925. The zero-order valence-electron chi connectivity index (χ0n) is 14.8. The molecule has 1 unspecified atom stereocenters. The maximum absolute atomic E-state index is 12.7. The summed E-state index contributed by atoms with van der Waals surface area (Å²) >= 11 is 0. The molecular formula is C18H25F2N3O3. The van der Waals surface area contributed by atoms with Crippen LogP contribution in [0, 0.1) is 5.92 Å². The summed E-state index contributed by atoms with van der Waals surface area (Å²) in [4.78, 5) is 26.5. The largest absolute Gasteiger partial charge is 0.434 e. The molecule has 0 radical (unpaired) electrons. The highest BCUT2D eigenvalue weighted by Crippen LogP contribution is 2.25. The highest BCUT2D eigenvalue weighted by molar-refractivity contribution is 5.97. The van der Waals surface area contributed by atoms with Gasteiger partial charge in [-0.25, -0.2) is 0 Å². The summed E-state index contributed by atoms with van der Waals surface area (Å²) < 4.78 is 29.5. The van der Waals surface area contributed by atoms with Gasteiger partial charge in [0, 0.05) is 26.2 Å². The minimum atomic E-state index is -3.00. The Kier molecular flexibility index (Phi) is 7.77. The molecule has 1 atom stereocenters. The number of carbonyl (C=O) groups is 2. The second-order valence-corrected chi connectivity index (χ2v) is 6.11. The van der Waals surface area contributed by atoms with Crippen LogP contribution in [-0.2, 0) is 4.79 Å². The molecule has 0 spiro atoms. The van der Waals surface area contributed by atoms with Crippen molar-refractivity contribution in [1.29, 1.82) is 0 Å². The van der Waals surface area contributed by atoms with E-state index in [9.17, 15) is 18.4 Å². The number of nitrogens with zero attached hydrogens (tertiary/aromatic N) is 1. The number of nitrogens with one attached hydrogen (secondary N) is 2. The van der Waals surface area contributed by atoms with Gasteiger partial charge < -0.3 is 20.3 Å². The number of carbonyl (C=O) groups excluding carboxylic acids is 2. The first-order valence-electron chi connectivity index (χ1n) is 8.84. The van der Waals surface area contributed by atoms with E-state index in [1.165, 1.54) is 23.1 Å². The second kappa shape index (κ2) is 10.1. The van der Waals surface area contributed by atoms with E-state index in [1.807, 2.05) is 6.92 Å². The molecule has 1 saturated heterocycles. The highest BCUT2D eigenvalue weighted by atomic mass is 19.3. The molecule has 1 fully saturated rings. The number of likely N-dealkylation sites (tertiary alicyclic amines) is 1. The van der Waals surface area contributed by atoms with Crippen molar-refractivity contribution in [2.24, 2.45) is 5.92 Å². The number of amides is 2. The van der Waals surface area contributed by atoms with Crippen molar-refractivity contribution in [1.82, 2.24) is 15.5 Å². The van der Waals surface area contributed by atoms with Gasteiger partial charge in [-0.15, -0.1) is 0 Å². The summed E-state index contributed by atoms with van der Waals surface area (Å²) in [6.45, 7) is 1.81. The topological polar surface area (TPSA) is 70.7 Å².